The Bertz CT molecular complexity index is 3930. The molecule has 0 saturated heterocycles. The quantitative estimate of drug-likeness (QED) is 0.166. The first-order chi connectivity index (χ1) is 31.2. The lowest BCUT2D eigenvalue weighted by Gasteiger charge is -2.14. The highest BCUT2D eigenvalue weighted by atomic mass is 32.1. The largest absolute Gasteiger partial charge is 0.309 e. The smallest absolute Gasteiger partial charge is 0.0645 e. The maximum Gasteiger partial charge on any atom is 0.0645 e. The van der Waals surface area contributed by atoms with Crippen molar-refractivity contribution in [3.8, 4) is 44.8 Å². The Labute approximate surface area is 343 Å². The van der Waals surface area contributed by atoms with Gasteiger partial charge in [-0.05, 0) is 82.3 Å². The summed E-state index contributed by atoms with van der Waals surface area (Å²) in [6.45, 7) is 0. The zero-order valence-electron chi connectivity index (χ0n) is 37.4. The average Bonchev–Trinajstić information content (AvgIpc) is 4.01. The Hall–Kier alpha value is -7.20. The molecule has 0 spiro atoms. The molecule has 0 saturated carbocycles. The Kier molecular flexibility index (Phi) is 5.74. The second-order valence-electron chi connectivity index (χ2n) is 14.3. The summed E-state index contributed by atoms with van der Waals surface area (Å²) in [5.41, 5.74) is 8.43. The first-order valence-electron chi connectivity index (χ1n) is 22.5. The van der Waals surface area contributed by atoms with Crippen LogP contribution in [0, 0.1) is 0 Å². The van der Waals surface area contributed by atoms with Crippen LogP contribution in [0.4, 0.5) is 0 Å². The predicted octanol–water partition coefficient (Wildman–Crippen LogP) is 15.2. The summed E-state index contributed by atoms with van der Waals surface area (Å²) < 4.78 is 72.0. The van der Waals surface area contributed by atoms with Crippen LogP contribution in [0.3, 0.4) is 0 Å². The van der Waals surface area contributed by atoms with Crippen molar-refractivity contribution in [1.82, 2.24) is 9.13 Å². The monoisotopic (exact) mass is 749 g/mol. The topological polar surface area (TPSA) is 9.86 Å². The number of rotatable bonds is 5. The van der Waals surface area contributed by atoms with Gasteiger partial charge in [0.2, 0.25) is 0 Å². The van der Waals surface area contributed by atoms with Crippen molar-refractivity contribution < 1.29 is 9.60 Å². The molecule has 9 aromatic carbocycles. The minimum atomic E-state index is -0.424. The number of aromatic nitrogens is 2. The molecule has 2 nitrogen and oxygen atoms in total. The van der Waals surface area contributed by atoms with Gasteiger partial charge in [0.05, 0.1) is 47.7 Å². The van der Waals surface area contributed by atoms with E-state index in [1.54, 1.807) is 15.9 Å². The van der Waals surface area contributed by atoms with Crippen LogP contribution in [0.1, 0.15) is 9.60 Å². The van der Waals surface area contributed by atoms with E-state index in [1.165, 1.54) is 15.5 Å². The van der Waals surface area contributed by atoms with Crippen LogP contribution in [-0.2, 0) is 0 Å². The third-order valence-corrected chi connectivity index (χ3v) is 12.4. The van der Waals surface area contributed by atoms with Gasteiger partial charge < -0.3 is 9.13 Å². The van der Waals surface area contributed by atoms with Crippen LogP contribution in [0.5, 0.6) is 0 Å². The fourth-order valence-electron chi connectivity index (χ4n) is 8.68. The van der Waals surface area contributed by atoms with Gasteiger partial charge in [-0.1, -0.05) is 152 Å². The molecule has 0 aliphatic rings. The van der Waals surface area contributed by atoms with Crippen molar-refractivity contribution in [2.24, 2.45) is 0 Å². The molecule has 0 radical (unpaired) electrons. The van der Waals surface area contributed by atoms with E-state index in [9.17, 15) is 6.85 Å². The van der Waals surface area contributed by atoms with Gasteiger partial charge >= 0.3 is 0 Å². The molecule has 3 heterocycles. The average molecular weight is 750 g/mol. The molecule has 12 rings (SSSR count). The maximum atomic E-state index is 10.0. The second-order valence-corrected chi connectivity index (χ2v) is 15.4. The summed E-state index contributed by atoms with van der Waals surface area (Å²) in [6, 6.07) is 53.0. The van der Waals surface area contributed by atoms with Crippen LogP contribution in [0.25, 0.3) is 109 Å². The predicted molar refractivity (Wildman–Crippen MR) is 244 cm³/mol. The van der Waals surface area contributed by atoms with Gasteiger partial charge in [0, 0.05) is 42.6 Å². The molecular weight excluding hydrogens is 709 g/mol. The summed E-state index contributed by atoms with van der Waals surface area (Å²) in [5.74, 6) is 0. The van der Waals surface area contributed by atoms with Gasteiger partial charge in [-0.2, -0.15) is 0 Å². The summed E-state index contributed by atoms with van der Waals surface area (Å²) in [5, 5.41) is 4.66. The second kappa shape index (κ2) is 12.7. The van der Waals surface area contributed by atoms with E-state index in [2.05, 4.69) is 77.4 Å². The third kappa shape index (κ3) is 4.89. The van der Waals surface area contributed by atoms with E-state index in [-0.39, 0.29) is 57.6 Å². The number of nitrogens with zero attached hydrogens (tertiary/aromatic N) is 2. The van der Waals surface area contributed by atoms with Crippen molar-refractivity contribution in [3.05, 3.63) is 206 Å². The first kappa shape index (κ1) is 25.8. The molecule has 57 heavy (non-hydrogen) atoms. The standard InChI is InChI=1S/C54H34N2S/c1-3-15-35(16-4-1)39-19-7-10-24-46(39)55-47-25-11-8-20-41(47)44-33-37(29-31-48(44)55)38-30-32-49-45(34-38)53-40(36-17-5-2-6-18-36)22-13-26-50(53)56(49)51-27-14-23-43-42-21-9-12-28-52(42)57-54(43)51/h1-34H/i8D,11D,20D,25D,29D,31D,33D. The van der Waals surface area contributed by atoms with Crippen molar-refractivity contribution in [3.63, 3.8) is 0 Å². The number of hydrogen-bond acceptors (Lipinski definition) is 1. The molecule has 3 heteroatoms. The zero-order valence-corrected chi connectivity index (χ0v) is 31.2. The molecule has 0 N–H and O–H groups in total. The summed E-state index contributed by atoms with van der Waals surface area (Å²) in [6.07, 6.45) is 0. The Morgan fingerprint density at radius 1 is 0.386 bits per heavy atom. The Morgan fingerprint density at radius 2 is 1.05 bits per heavy atom. The van der Waals surface area contributed by atoms with Crippen molar-refractivity contribution in [2.45, 2.75) is 0 Å². The highest BCUT2D eigenvalue weighted by molar-refractivity contribution is 7.26. The number of para-hydroxylation sites is 2. The van der Waals surface area contributed by atoms with Crippen LogP contribution in [0.15, 0.2) is 206 Å². The highest BCUT2D eigenvalue weighted by Crippen LogP contribution is 2.45. The van der Waals surface area contributed by atoms with Crippen LogP contribution in [0.2, 0.25) is 0 Å². The van der Waals surface area contributed by atoms with E-state index >= 15 is 0 Å². The van der Waals surface area contributed by atoms with Gasteiger partial charge in [0.15, 0.2) is 0 Å². The molecule has 3 aromatic heterocycles. The summed E-state index contributed by atoms with van der Waals surface area (Å²) in [7, 11) is 0. The molecule has 0 aliphatic heterocycles. The molecule has 0 aliphatic carbocycles. The molecule has 0 atom stereocenters. The first-order valence-corrected chi connectivity index (χ1v) is 19.8. The number of benzene rings is 9. The summed E-state index contributed by atoms with van der Waals surface area (Å²) >= 11 is 1.77. The highest BCUT2D eigenvalue weighted by Gasteiger charge is 2.21. The molecule has 12 aromatic rings. The number of hydrogen-bond donors (Lipinski definition) is 0. The van der Waals surface area contributed by atoms with Crippen LogP contribution >= 0.6 is 11.3 Å². The lowest BCUT2D eigenvalue weighted by Crippen LogP contribution is -1.97. The Balaban J connectivity index is 1.19. The number of fused-ring (bicyclic) bond motifs is 9. The number of thiophene rings is 1. The molecule has 266 valence electrons. The molecule has 0 fully saturated rings. The zero-order chi connectivity index (χ0) is 43.5. The maximum absolute atomic E-state index is 10.0. The van der Waals surface area contributed by atoms with Crippen molar-refractivity contribution in [1.29, 1.82) is 0 Å². The van der Waals surface area contributed by atoms with Gasteiger partial charge in [-0.25, -0.2) is 0 Å². The van der Waals surface area contributed by atoms with Gasteiger partial charge in [0.25, 0.3) is 0 Å². The summed E-state index contributed by atoms with van der Waals surface area (Å²) in [4.78, 5) is 0. The van der Waals surface area contributed by atoms with Gasteiger partial charge in [0.1, 0.15) is 0 Å². The van der Waals surface area contributed by atoms with E-state index in [1.807, 2.05) is 91.0 Å². The van der Waals surface area contributed by atoms with E-state index < -0.39 is 12.1 Å². The molecular formula is C54H34N2S. The van der Waals surface area contributed by atoms with Gasteiger partial charge in [-0.15, -0.1) is 11.3 Å². The van der Waals surface area contributed by atoms with Crippen LogP contribution in [-0.4, -0.2) is 9.13 Å². The SMILES string of the molecule is [2H]c1c([2H])c([2H])c2c(c1[2H])c1c([2H])c(-c3ccc4c(c3)c3c(-c5ccccc5)cccc3n4-c3cccc4c3sc3ccccc34)c([2H])c([2H])c1n2-c1ccccc1-c1ccccc1. The lowest BCUT2D eigenvalue weighted by molar-refractivity contribution is 1.18. The lowest BCUT2D eigenvalue weighted by atomic mass is 9.97. The fourth-order valence-corrected chi connectivity index (χ4v) is 9.89. The van der Waals surface area contributed by atoms with Crippen molar-refractivity contribution in [2.75, 3.05) is 0 Å². The minimum absolute atomic E-state index is 0.0802. The Morgan fingerprint density at radius 3 is 1.93 bits per heavy atom. The normalized spacial score (nSPS) is 13.6. The molecule has 0 bridgehead atoms. The van der Waals surface area contributed by atoms with E-state index in [4.69, 9.17) is 2.74 Å². The fraction of sp³-hybridized carbons (Fsp3) is 0. The molecule has 0 unspecified atom stereocenters. The third-order valence-electron chi connectivity index (χ3n) is 11.2. The van der Waals surface area contributed by atoms with E-state index in [0.717, 1.165) is 54.4 Å². The van der Waals surface area contributed by atoms with Crippen LogP contribution < -0.4 is 0 Å². The van der Waals surface area contributed by atoms with Gasteiger partial charge in [-0.3, -0.25) is 0 Å². The van der Waals surface area contributed by atoms with E-state index in [0.29, 0.717) is 11.3 Å². The molecule has 0 amide bonds. The minimum Gasteiger partial charge on any atom is -0.309 e. The van der Waals surface area contributed by atoms with Crippen molar-refractivity contribution >= 4 is 75.1 Å².